The highest BCUT2D eigenvalue weighted by Gasteiger charge is 2.47. The number of amides is 1. The Morgan fingerprint density at radius 2 is 1.68 bits per heavy atom. The maximum Gasteiger partial charge on any atom is 0.299 e. The lowest BCUT2D eigenvalue weighted by atomic mass is 9.60. The number of Topliss-reactive ketones (excluding diaryl/α,β-unsaturated/α-hetero) is 1. The summed E-state index contributed by atoms with van der Waals surface area (Å²) in [5.41, 5.74) is 0.238. The van der Waals surface area contributed by atoms with E-state index in [1.165, 1.54) is 17.0 Å². The molecule has 1 aliphatic heterocycles. The van der Waals surface area contributed by atoms with Crippen molar-refractivity contribution in [2.45, 2.75) is 71.6 Å². The molecule has 0 saturated carbocycles. The number of carbonyl (C=O) groups excluding carboxylic acids is 2. The lowest BCUT2D eigenvalue weighted by Gasteiger charge is -2.48. The van der Waals surface area contributed by atoms with E-state index in [1.807, 2.05) is 0 Å². The highest BCUT2D eigenvalue weighted by Crippen LogP contribution is 2.49. The Labute approximate surface area is 168 Å². The van der Waals surface area contributed by atoms with Crippen LogP contribution in [-0.4, -0.2) is 31.2 Å². The van der Waals surface area contributed by atoms with E-state index < -0.39 is 21.8 Å². The predicted molar refractivity (Wildman–Crippen MR) is 109 cm³/mol. The topological polar surface area (TPSA) is 91.8 Å². The second kappa shape index (κ2) is 7.95. The number of anilines is 1. The molecule has 0 radical (unpaired) electrons. The molecule has 28 heavy (non-hydrogen) atoms. The molecular formula is C21H31NO5S. The Kier molecular flexibility index (Phi) is 6.40. The molecule has 1 N–H and O–H groups in total. The van der Waals surface area contributed by atoms with Gasteiger partial charge in [0.1, 0.15) is 0 Å². The molecule has 1 aromatic rings. The van der Waals surface area contributed by atoms with Crippen molar-refractivity contribution in [1.29, 1.82) is 0 Å². The third kappa shape index (κ3) is 3.87. The van der Waals surface area contributed by atoms with E-state index in [4.69, 9.17) is 0 Å². The number of ketones is 1. The molecular weight excluding hydrogens is 378 g/mol. The van der Waals surface area contributed by atoms with Gasteiger partial charge in [0.25, 0.3) is 21.8 Å². The molecule has 1 amide bonds. The number of rotatable bonds is 9. The van der Waals surface area contributed by atoms with Crippen LogP contribution < -0.4 is 4.90 Å². The van der Waals surface area contributed by atoms with Crippen LogP contribution in [0.3, 0.4) is 0 Å². The first-order chi connectivity index (χ1) is 12.9. The van der Waals surface area contributed by atoms with E-state index in [0.717, 1.165) is 38.2 Å². The van der Waals surface area contributed by atoms with Crippen LogP contribution in [0.4, 0.5) is 5.69 Å². The van der Waals surface area contributed by atoms with Crippen molar-refractivity contribution >= 4 is 27.5 Å². The van der Waals surface area contributed by atoms with Gasteiger partial charge in [-0.1, -0.05) is 47.5 Å². The summed E-state index contributed by atoms with van der Waals surface area (Å²) in [4.78, 5) is 26.4. The van der Waals surface area contributed by atoms with Gasteiger partial charge in [0, 0.05) is 6.54 Å². The predicted octanol–water partition coefficient (Wildman–Crippen LogP) is 4.49. The van der Waals surface area contributed by atoms with Gasteiger partial charge in [0.05, 0.1) is 16.1 Å². The molecule has 0 fully saturated rings. The second-order valence-corrected chi connectivity index (χ2v) is 9.77. The molecule has 1 aromatic carbocycles. The first-order valence-electron chi connectivity index (χ1n) is 9.92. The van der Waals surface area contributed by atoms with Gasteiger partial charge in [0.2, 0.25) is 0 Å². The summed E-state index contributed by atoms with van der Waals surface area (Å²) in [6.45, 7) is 11.2. The van der Waals surface area contributed by atoms with Crippen LogP contribution in [-0.2, 0) is 14.9 Å². The summed E-state index contributed by atoms with van der Waals surface area (Å²) in [6, 6.07) is 3.76. The fraction of sp³-hybridized carbons (Fsp3) is 0.619. The van der Waals surface area contributed by atoms with Gasteiger partial charge in [-0.3, -0.25) is 14.1 Å². The summed E-state index contributed by atoms with van der Waals surface area (Å²) in [5, 5.41) is 0. The molecule has 0 unspecified atom stereocenters. The highest BCUT2D eigenvalue weighted by atomic mass is 32.2. The Bertz CT molecular complexity index is 869. The molecule has 0 bridgehead atoms. The molecule has 0 aliphatic carbocycles. The normalized spacial score (nSPS) is 15.3. The molecule has 156 valence electrons. The average molecular weight is 410 g/mol. The van der Waals surface area contributed by atoms with Crippen molar-refractivity contribution < 1.29 is 22.6 Å². The van der Waals surface area contributed by atoms with E-state index in [2.05, 4.69) is 34.6 Å². The quantitative estimate of drug-likeness (QED) is 0.479. The number of fused-ring (bicyclic) bond motifs is 1. The van der Waals surface area contributed by atoms with Crippen molar-refractivity contribution in [2.75, 3.05) is 11.4 Å². The summed E-state index contributed by atoms with van der Waals surface area (Å²) >= 11 is 0. The monoisotopic (exact) mass is 409 g/mol. The molecule has 0 aromatic heterocycles. The number of nitrogens with zero attached hydrogens (tertiary/aromatic N) is 1. The van der Waals surface area contributed by atoms with E-state index in [0.29, 0.717) is 12.2 Å². The zero-order chi connectivity index (χ0) is 21.3. The van der Waals surface area contributed by atoms with Crippen LogP contribution in [0.5, 0.6) is 0 Å². The molecule has 0 spiro atoms. The van der Waals surface area contributed by atoms with E-state index in [9.17, 15) is 22.6 Å². The number of hydrogen-bond donors (Lipinski definition) is 1. The summed E-state index contributed by atoms with van der Waals surface area (Å²) < 4.78 is 32.1. The second-order valence-electron chi connectivity index (χ2n) is 8.35. The molecule has 6 nitrogen and oxygen atoms in total. The van der Waals surface area contributed by atoms with E-state index in [1.54, 1.807) is 0 Å². The Morgan fingerprint density at radius 1 is 1.07 bits per heavy atom. The van der Waals surface area contributed by atoms with Crippen LogP contribution in [0.1, 0.15) is 77.1 Å². The van der Waals surface area contributed by atoms with Crippen LogP contribution >= 0.6 is 0 Å². The smallest absolute Gasteiger partial charge is 0.299 e. The molecule has 0 saturated heterocycles. The first kappa shape index (κ1) is 22.6. The minimum Gasteiger partial charge on any atom is -0.304 e. The standard InChI is InChI=1S/C21H31NO5S/c1-6-9-12-20(4,5)21(7-2,8-3)14-22-17-11-10-15(28(25,26)27)13-16(17)18(23)19(22)24/h10-11,13H,6-9,12,14H2,1-5H3,(H,25,26,27). The Hall–Kier alpha value is -1.73. The molecule has 1 heterocycles. The van der Waals surface area contributed by atoms with Gasteiger partial charge >= 0.3 is 0 Å². The van der Waals surface area contributed by atoms with E-state index in [-0.39, 0.29) is 21.3 Å². The van der Waals surface area contributed by atoms with Crippen molar-refractivity contribution in [2.24, 2.45) is 10.8 Å². The van der Waals surface area contributed by atoms with E-state index >= 15 is 0 Å². The van der Waals surface area contributed by atoms with Crippen LogP contribution in [0.15, 0.2) is 23.1 Å². The van der Waals surface area contributed by atoms with Gasteiger partial charge in [-0.15, -0.1) is 0 Å². The summed E-state index contributed by atoms with van der Waals surface area (Å²) in [7, 11) is -4.44. The van der Waals surface area contributed by atoms with Crippen molar-refractivity contribution in [3.63, 3.8) is 0 Å². The largest absolute Gasteiger partial charge is 0.304 e. The van der Waals surface area contributed by atoms with Gasteiger partial charge in [-0.05, 0) is 48.3 Å². The van der Waals surface area contributed by atoms with Crippen LogP contribution in [0.25, 0.3) is 0 Å². The summed E-state index contributed by atoms with van der Waals surface area (Å²) in [5.74, 6) is -1.37. The van der Waals surface area contributed by atoms with Gasteiger partial charge in [-0.2, -0.15) is 8.42 Å². The van der Waals surface area contributed by atoms with Crippen LogP contribution in [0.2, 0.25) is 0 Å². The maximum atomic E-state index is 12.7. The average Bonchev–Trinajstić information content (AvgIpc) is 2.87. The zero-order valence-electron chi connectivity index (χ0n) is 17.4. The number of hydrogen-bond acceptors (Lipinski definition) is 4. The SMILES string of the molecule is CCCCC(C)(C)C(CC)(CC)CN1C(=O)C(=O)c2cc(S(=O)(=O)O)ccc21. The first-order valence-corrected chi connectivity index (χ1v) is 11.4. The third-order valence-corrected chi connectivity index (χ3v) is 7.50. The van der Waals surface area contributed by atoms with Gasteiger partial charge in [-0.25, -0.2) is 0 Å². The fourth-order valence-corrected chi connectivity index (χ4v) is 4.94. The number of unbranched alkanes of at least 4 members (excludes halogenated alkanes) is 1. The molecule has 0 atom stereocenters. The lowest BCUT2D eigenvalue weighted by molar-refractivity contribution is -0.115. The number of benzene rings is 1. The van der Waals surface area contributed by atoms with Gasteiger partial charge in [0.15, 0.2) is 0 Å². The third-order valence-electron chi connectivity index (χ3n) is 6.65. The minimum atomic E-state index is -4.44. The molecule has 7 heteroatoms. The number of carbonyl (C=O) groups is 2. The fourth-order valence-electron chi connectivity index (χ4n) is 4.43. The van der Waals surface area contributed by atoms with Crippen molar-refractivity contribution in [3.05, 3.63) is 23.8 Å². The molecule has 2 rings (SSSR count). The highest BCUT2D eigenvalue weighted by molar-refractivity contribution is 7.85. The molecule has 1 aliphatic rings. The Balaban J connectivity index is 2.48. The summed E-state index contributed by atoms with van der Waals surface area (Å²) in [6.07, 6.45) is 4.92. The van der Waals surface area contributed by atoms with Crippen LogP contribution in [0, 0.1) is 10.8 Å². The van der Waals surface area contributed by atoms with Crippen molar-refractivity contribution in [1.82, 2.24) is 0 Å². The maximum absolute atomic E-state index is 12.7. The zero-order valence-corrected chi connectivity index (χ0v) is 18.2. The lowest BCUT2D eigenvalue weighted by Crippen LogP contribution is -2.48. The minimum absolute atomic E-state index is 0.0348. The van der Waals surface area contributed by atoms with Crippen molar-refractivity contribution in [3.8, 4) is 0 Å². The Morgan fingerprint density at radius 3 is 2.18 bits per heavy atom. The van der Waals surface area contributed by atoms with Gasteiger partial charge < -0.3 is 4.90 Å².